The van der Waals surface area contributed by atoms with Crippen LogP contribution < -0.4 is 10.5 Å². The van der Waals surface area contributed by atoms with Crippen LogP contribution in [0, 0.1) is 5.82 Å². The average Bonchev–Trinajstić information content (AvgIpc) is 2.38. The third kappa shape index (κ3) is 3.52. The lowest BCUT2D eigenvalue weighted by Gasteiger charge is -2.22. The standard InChI is InChI=1S/C14H14BrFN2O/c1-9(17)14(12-4-2-3-7-18-12)19-13-6-5-10(15)8-11(13)16/h2-9,14H,17H2,1H3. The molecule has 2 rings (SSSR count). The monoisotopic (exact) mass is 324 g/mol. The van der Waals surface area contributed by atoms with E-state index >= 15 is 0 Å². The Hall–Kier alpha value is -1.46. The molecule has 0 aliphatic carbocycles. The third-order valence-corrected chi connectivity index (χ3v) is 3.10. The number of nitrogens with zero attached hydrogens (tertiary/aromatic N) is 1. The lowest BCUT2D eigenvalue weighted by atomic mass is 10.1. The molecule has 0 spiro atoms. The summed E-state index contributed by atoms with van der Waals surface area (Å²) in [6.07, 6.45) is 1.17. The first kappa shape index (κ1) is 14.0. The van der Waals surface area contributed by atoms with E-state index in [0.29, 0.717) is 10.2 Å². The van der Waals surface area contributed by atoms with Crippen molar-refractivity contribution in [2.24, 2.45) is 5.73 Å². The molecule has 0 aliphatic rings. The summed E-state index contributed by atoms with van der Waals surface area (Å²) in [7, 11) is 0. The molecule has 1 aromatic heterocycles. The highest BCUT2D eigenvalue weighted by Gasteiger charge is 2.20. The van der Waals surface area contributed by atoms with E-state index in [9.17, 15) is 4.39 Å². The Morgan fingerprint density at radius 2 is 2.11 bits per heavy atom. The van der Waals surface area contributed by atoms with Gasteiger partial charge in [0.1, 0.15) is 0 Å². The first-order valence-corrected chi connectivity index (χ1v) is 6.65. The highest BCUT2D eigenvalue weighted by atomic mass is 79.9. The van der Waals surface area contributed by atoms with Crippen molar-refractivity contribution in [1.82, 2.24) is 4.98 Å². The van der Waals surface area contributed by atoms with Crippen LogP contribution in [0.3, 0.4) is 0 Å². The molecule has 1 aromatic carbocycles. The van der Waals surface area contributed by atoms with E-state index in [1.807, 2.05) is 18.2 Å². The zero-order chi connectivity index (χ0) is 13.8. The summed E-state index contributed by atoms with van der Waals surface area (Å²) in [5.74, 6) is -0.271. The predicted molar refractivity (Wildman–Crippen MR) is 75.4 cm³/mol. The van der Waals surface area contributed by atoms with E-state index < -0.39 is 11.9 Å². The maximum atomic E-state index is 13.8. The summed E-state index contributed by atoms with van der Waals surface area (Å²) in [5, 5.41) is 0. The van der Waals surface area contributed by atoms with Gasteiger partial charge < -0.3 is 10.5 Å². The fourth-order valence-corrected chi connectivity index (χ4v) is 2.02. The van der Waals surface area contributed by atoms with Crippen molar-refractivity contribution in [3.8, 4) is 5.75 Å². The number of halogens is 2. The summed E-state index contributed by atoms with van der Waals surface area (Å²) in [5.41, 5.74) is 6.58. The second-order valence-electron chi connectivity index (χ2n) is 4.23. The Bertz CT molecular complexity index is 548. The van der Waals surface area contributed by atoms with Gasteiger partial charge in [0.15, 0.2) is 17.7 Å². The van der Waals surface area contributed by atoms with Gasteiger partial charge in [-0.05, 0) is 37.3 Å². The van der Waals surface area contributed by atoms with Gasteiger partial charge in [-0.15, -0.1) is 0 Å². The van der Waals surface area contributed by atoms with Gasteiger partial charge in [0.05, 0.1) is 5.69 Å². The van der Waals surface area contributed by atoms with Gasteiger partial charge in [-0.1, -0.05) is 22.0 Å². The molecule has 2 aromatic rings. The number of nitrogens with two attached hydrogens (primary N) is 1. The molecule has 2 N–H and O–H groups in total. The molecular weight excluding hydrogens is 311 g/mol. The van der Waals surface area contributed by atoms with Crippen LogP contribution in [0.25, 0.3) is 0 Å². The Balaban J connectivity index is 2.27. The summed E-state index contributed by atoms with van der Waals surface area (Å²) < 4.78 is 20.1. The summed E-state index contributed by atoms with van der Waals surface area (Å²) in [4.78, 5) is 4.21. The van der Waals surface area contributed by atoms with E-state index in [1.165, 1.54) is 6.07 Å². The highest BCUT2D eigenvalue weighted by Crippen LogP contribution is 2.27. The van der Waals surface area contributed by atoms with Crippen LogP contribution in [0.2, 0.25) is 0 Å². The maximum Gasteiger partial charge on any atom is 0.166 e. The predicted octanol–water partition coefficient (Wildman–Crippen LogP) is 3.45. The minimum absolute atomic E-state index is 0.163. The van der Waals surface area contributed by atoms with Gasteiger partial charge in [0.2, 0.25) is 0 Å². The molecular formula is C14H14BrFN2O. The molecule has 0 saturated carbocycles. The van der Waals surface area contributed by atoms with E-state index in [1.54, 1.807) is 25.3 Å². The highest BCUT2D eigenvalue weighted by molar-refractivity contribution is 9.10. The molecule has 1 heterocycles. The van der Waals surface area contributed by atoms with Crippen LogP contribution in [0.1, 0.15) is 18.7 Å². The summed E-state index contributed by atoms with van der Waals surface area (Å²) in [6, 6.07) is 9.79. The van der Waals surface area contributed by atoms with Gasteiger partial charge >= 0.3 is 0 Å². The Morgan fingerprint density at radius 3 is 2.68 bits per heavy atom. The molecule has 0 fully saturated rings. The van der Waals surface area contributed by atoms with Crippen molar-refractivity contribution in [2.45, 2.75) is 19.1 Å². The van der Waals surface area contributed by atoms with Gasteiger partial charge in [-0.25, -0.2) is 4.39 Å². The molecule has 2 atom stereocenters. The molecule has 3 nitrogen and oxygen atoms in total. The maximum absolute atomic E-state index is 13.8. The Kier molecular flexibility index (Phi) is 4.50. The van der Waals surface area contributed by atoms with Crippen LogP contribution in [0.5, 0.6) is 5.75 Å². The van der Waals surface area contributed by atoms with Crippen molar-refractivity contribution in [3.05, 3.63) is 58.6 Å². The van der Waals surface area contributed by atoms with Gasteiger partial charge in [0.25, 0.3) is 0 Å². The van der Waals surface area contributed by atoms with Crippen LogP contribution in [-0.4, -0.2) is 11.0 Å². The van der Waals surface area contributed by atoms with E-state index in [2.05, 4.69) is 20.9 Å². The Labute approximate surface area is 119 Å². The molecule has 100 valence electrons. The van der Waals surface area contributed by atoms with Gasteiger partial charge in [-0.2, -0.15) is 0 Å². The summed E-state index contributed by atoms with van der Waals surface area (Å²) in [6.45, 7) is 1.80. The lowest BCUT2D eigenvalue weighted by molar-refractivity contribution is 0.168. The van der Waals surface area contributed by atoms with Crippen LogP contribution in [0.15, 0.2) is 47.1 Å². The first-order valence-electron chi connectivity index (χ1n) is 5.86. The number of aromatic nitrogens is 1. The summed E-state index contributed by atoms with van der Waals surface area (Å²) >= 11 is 3.20. The number of rotatable bonds is 4. The number of hydrogen-bond donors (Lipinski definition) is 1. The molecule has 0 amide bonds. The quantitative estimate of drug-likeness (QED) is 0.937. The fourth-order valence-electron chi connectivity index (χ4n) is 1.69. The zero-order valence-electron chi connectivity index (χ0n) is 10.4. The minimum atomic E-state index is -0.489. The van der Waals surface area contributed by atoms with E-state index in [0.717, 1.165) is 0 Å². The lowest BCUT2D eigenvalue weighted by Crippen LogP contribution is -2.29. The largest absolute Gasteiger partial charge is 0.479 e. The normalized spacial score (nSPS) is 13.9. The molecule has 0 saturated heterocycles. The van der Waals surface area contributed by atoms with Gasteiger partial charge in [0, 0.05) is 16.7 Å². The smallest absolute Gasteiger partial charge is 0.166 e. The van der Waals surface area contributed by atoms with Crippen LogP contribution in [-0.2, 0) is 0 Å². The first-order chi connectivity index (χ1) is 9.08. The zero-order valence-corrected chi connectivity index (χ0v) is 12.0. The van der Waals surface area contributed by atoms with Crippen molar-refractivity contribution in [2.75, 3.05) is 0 Å². The molecule has 0 bridgehead atoms. The van der Waals surface area contributed by atoms with E-state index in [4.69, 9.17) is 10.5 Å². The third-order valence-electron chi connectivity index (χ3n) is 2.60. The van der Waals surface area contributed by atoms with Crippen molar-refractivity contribution in [1.29, 1.82) is 0 Å². The fraction of sp³-hybridized carbons (Fsp3) is 0.214. The van der Waals surface area contributed by atoms with Crippen LogP contribution >= 0.6 is 15.9 Å². The molecule has 0 aliphatic heterocycles. The van der Waals surface area contributed by atoms with Crippen LogP contribution in [0.4, 0.5) is 4.39 Å². The number of ether oxygens (including phenoxy) is 1. The molecule has 0 radical (unpaired) electrons. The number of benzene rings is 1. The van der Waals surface area contributed by atoms with Crippen molar-refractivity contribution >= 4 is 15.9 Å². The minimum Gasteiger partial charge on any atom is -0.479 e. The Morgan fingerprint density at radius 1 is 1.32 bits per heavy atom. The second-order valence-corrected chi connectivity index (χ2v) is 5.14. The molecule has 5 heteroatoms. The SMILES string of the molecule is CC(N)C(Oc1ccc(Br)cc1F)c1ccccn1. The van der Waals surface area contributed by atoms with Crippen molar-refractivity contribution < 1.29 is 9.13 Å². The van der Waals surface area contributed by atoms with Gasteiger partial charge in [-0.3, -0.25) is 4.98 Å². The number of pyridine rings is 1. The second kappa shape index (κ2) is 6.12. The van der Waals surface area contributed by atoms with Crippen molar-refractivity contribution in [3.63, 3.8) is 0 Å². The number of hydrogen-bond acceptors (Lipinski definition) is 3. The molecule has 19 heavy (non-hydrogen) atoms. The molecule has 2 unspecified atom stereocenters. The van der Waals surface area contributed by atoms with E-state index in [-0.39, 0.29) is 11.8 Å². The average molecular weight is 325 g/mol. The topological polar surface area (TPSA) is 48.1 Å².